The van der Waals surface area contributed by atoms with Gasteiger partial charge in [0.2, 0.25) is 5.78 Å². The maximum atomic E-state index is 11.9. The van der Waals surface area contributed by atoms with Crippen molar-refractivity contribution in [1.82, 2.24) is 0 Å². The van der Waals surface area contributed by atoms with Gasteiger partial charge < -0.3 is 10.2 Å². The molecule has 2 unspecified atom stereocenters. The van der Waals surface area contributed by atoms with Crippen LogP contribution < -0.4 is 5.73 Å². The van der Waals surface area contributed by atoms with Gasteiger partial charge in [0, 0.05) is 12.0 Å². The van der Waals surface area contributed by atoms with Gasteiger partial charge >= 0.3 is 0 Å². The highest BCUT2D eigenvalue weighted by molar-refractivity contribution is 9.10. The topological polar surface area (TPSA) is 56.2 Å². The lowest BCUT2D eigenvalue weighted by Crippen LogP contribution is -2.16. The third-order valence-electron chi connectivity index (χ3n) is 2.59. The Bertz CT molecular complexity index is 347. The molecule has 3 nitrogen and oxygen atoms in total. The van der Waals surface area contributed by atoms with Crippen molar-refractivity contribution in [2.24, 2.45) is 11.7 Å². The Morgan fingerprint density at radius 2 is 2.19 bits per heavy atom. The van der Waals surface area contributed by atoms with Gasteiger partial charge in [-0.2, -0.15) is 0 Å². The van der Waals surface area contributed by atoms with E-state index in [0.29, 0.717) is 5.76 Å². The molecule has 0 radical (unpaired) electrons. The van der Waals surface area contributed by atoms with E-state index in [9.17, 15) is 4.79 Å². The van der Waals surface area contributed by atoms with Crippen molar-refractivity contribution < 1.29 is 9.21 Å². The summed E-state index contributed by atoms with van der Waals surface area (Å²) in [7, 11) is 0. The van der Waals surface area contributed by atoms with Crippen molar-refractivity contribution in [1.29, 1.82) is 0 Å². The summed E-state index contributed by atoms with van der Waals surface area (Å²) in [6.07, 6.45) is 4.30. The van der Waals surface area contributed by atoms with Crippen molar-refractivity contribution in [3.8, 4) is 0 Å². The molecule has 1 heterocycles. The third-order valence-corrected chi connectivity index (χ3v) is 3.21. The van der Waals surface area contributed by atoms with E-state index in [1.54, 1.807) is 6.07 Å². The van der Waals surface area contributed by atoms with E-state index in [2.05, 4.69) is 15.9 Å². The summed E-state index contributed by atoms with van der Waals surface area (Å²) < 4.78 is 5.89. The molecule has 0 aliphatic rings. The lowest BCUT2D eigenvalue weighted by atomic mass is 9.97. The van der Waals surface area contributed by atoms with Crippen LogP contribution in [0.5, 0.6) is 0 Å². The second-order valence-electron chi connectivity index (χ2n) is 4.27. The molecule has 16 heavy (non-hydrogen) atoms. The molecule has 1 aromatic heterocycles. The zero-order valence-electron chi connectivity index (χ0n) is 9.70. The van der Waals surface area contributed by atoms with Gasteiger partial charge in [-0.15, -0.1) is 0 Å². The minimum Gasteiger partial charge on any atom is -0.460 e. The van der Waals surface area contributed by atoms with E-state index in [1.165, 1.54) is 6.26 Å². The number of ketones is 1. The van der Waals surface area contributed by atoms with Crippen molar-refractivity contribution >= 4 is 21.7 Å². The molecule has 4 heteroatoms. The number of hydrogen-bond donors (Lipinski definition) is 1. The van der Waals surface area contributed by atoms with Crippen molar-refractivity contribution in [3.63, 3.8) is 0 Å². The molecule has 0 aliphatic carbocycles. The summed E-state index contributed by atoms with van der Waals surface area (Å²) in [6, 6.07) is 1.94. The van der Waals surface area contributed by atoms with Gasteiger partial charge in [0.15, 0.2) is 5.76 Å². The Labute approximate surface area is 105 Å². The number of halogens is 1. The summed E-state index contributed by atoms with van der Waals surface area (Å²) in [5, 5.41) is 0. The van der Waals surface area contributed by atoms with Crippen molar-refractivity contribution in [3.05, 3.63) is 22.6 Å². The number of carbonyl (C=O) groups excluding carboxylic acids is 1. The van der Waals surface area contributed by atoms with Crippen LogP contribution in [0.4, 0.5) is 0 Å². The molecule has 0 aliphatic heterocycles. The standard InChI is InChI=1S/C12H18BrNO2/c1-8(4-3-5-9(2)14)11(15)12-10(13)6-7-16-12/h6-9H,3-5,14H2,1-2H3. The van der Waals surface area contributed by atoms with Crippen LogP contribution in [0, 0.1) is 5.92 Å². The predicted octanol–water partition coefficient (Wildman–Crippen LogP) is 3.38. The molecule has 0 saturated heterocycles. The molecule has 0 spiro atoms. The number of Topliss-reactive ketones (excluding diaryl/α,β-unsaturated/α-hetero) is 1. The smallest absolute Gasteiger partial charge is 0.201 e. The summed E-state index contributed by atoms with van der Waals surface area (Å²) in [6.45, 7) is 3.91. The molecule has 1 aromatic rings. The first-order valence-corrected chi connectivity index (χ1v) is 6.34. The van der Waals surface area contributed by atoms with Crippen molar-refractivity contribution in [2.75, 3.05) is 0 Å². The molecule has 2 N–H and O–H groups in total. The number of hydrogen-bond acceptors (Lipinski definition) is 3. The lowest BCUT2D eigenvalue weighted by Gasteiger charge is -2.10. The molecular formula is C12H18BrNO2. The quantitative estimate of drug-likeness (QED) is 0.816. The molecule has 90 valence electrons. The highest BCUT2D eigenvalue weighted by Crippen LogP contribution is 2.23. The molecule has 0 bridgehead atoms. The molecule has 0 amide bonds. The maximum Gasteiger partial charge on any atom is 0.201 e. The van der Waals surface area contributed by atoms with Gasteiger partial charge in [0.05, 0.1) is 10.7 Å². The first kappa shape index (κ1) is 13.5. The average molecular weight is 288 g/mol. The summed E-state index contributed by atoms with van der Waals surface area (Å²) in [4.78, 5) is 11.9. The molecular weight excluding hydrogens is 270 g/mol. The monoisotopic (exact) mass is 287 g/mol. The number of nitrogens with two attached hydrogens (primary N) is 1. The SMILES string of the molecule is CC(N)CCCC(C)C(=O)c1occc1Br. The molecule has 0 aromatic carbocycles. The summed E-state index contributed by atoms with van der Waals surface area (Å²) in [5.41, 5.74) is 5.66. The van der Waals surface area contributed by atoms with Gasteiger partial charge in [0.25, 0.3) is 0 Å². The Kier molecular flexibility index (Phi) is 5.22. The van der Waals surface area contributed by atoms with E-state index < -0.39 is 0 Å². The summed E-state index contributed by atoms with van der Waals surface area (Å²) >= 11 is 3.29. The minimum atomic E-state index is -0.0128. The van der Waals surface area contributed by atoms with Crippen LogP contribution in [0.1, 0.15) is 43.7 Å². The van der Waals surface area contributed by atoms with Crippen LogP contribution in [0.2, 0.25) is 0 Å². The fourth-order valence-electron chi connectivity index (χ4n) is 1.57. The summed E-state index contributed by atoms with van der Waals surface area (Å²) in [5.74, 6) is 0.469. The minimum absolute atomic E-state index is 0.0128. The third kappa shape index (κ3) is 3.76. The van der Waals surface area contributed by atoms with Gasteiger partial charge in [-0.25, -0.2) is 0 Å². The molecule has 2 atom stereocenters. The first-order chi connectivity index (χ1) is 7.52. The second-order valence-corrected chi connectivity index (χ2v) is 5.13. The van der Waals surface area contributed by atoms with Crippen LogP contribution in [-0.4, -0.2) is 11.8 Å². The Balaban J connectivity index is 2.46. The molecule has 1 rings (SSSR count). The maximum absolute atomic E-state index is 11.9. The number of furan rings is 1. The number of rotatable bonds is 6. The normalized spacial score (nSPS) is 14.8. The van der Waals surface area contributed by atoms with E-state index in [-0.39, 0.29) is 17.7 Å². The van der Waals surface area contributed by atoms with Crippen LogP contribution in [0.25, 0.3) is 0 Å². The van der Waals surface area contributed by atoms with E-state index in [0.717, 1.165) is 23.7 Å². The van der Waals surface area contributed by atoms with Crippen LogP contribution in [-0.2, 0) is 0 Å². The average Bonchev–Trinajstić information content (AvgIpc) is 2.62. The lowest BCUT2D eigenvalue weighted by molar-refractivity contribution is 0.0892. The van der Waals surface area contributed by atoms with E-state index >= 15 is 0 Å². The van der Waals surface area contributed by atoms with Crippen LogP contribution >= 0.6 is 15.9 Å². The fourth-order valence-corrected chi connectivity index (χ4v) is 1.97. The largest absolute Gasteiger partial charge is 0.460 e. The predicted molar refractivity (Wildman–Crippen MR) is 67.4 cm³/mol. The Morgan fingerprint density at radius 1 is 1.50 bits per heavy atom. The van der Waals surface area contributed by atoms with Crippen LogP contribution in [0.15, 0.2) is 21.2 Å². The first-order valence-electron chi connectivity index (χ1n) is 5.55. The van der Waals surface area contributed by atoms with E-state index in [1.807, 2.05) is 13.8 Å². The van der Waals surface area contributed by atoms with E-state index in [4.69, 9.17) is 10.2 Å². The van der Waals surface area contributed by atoms with Gasteiger partial charge in [-0.1, -0.05) is 13.3 Å². The number of carbonyl (C=O) groups is 1. The zero-order chi connectivity index (χ0) is 12.1. The zero-order valence-corrected chi connectivity index (χ0v) is 11.3. The molecule has 0 fully saturated rings. The van der Waals surface area contributed by atoms with Crippen molar-refractivity contribution in [2.45, 2.75) is 39.2 Å². The van der Waals surface area contributed by atoms with Gasteiger partial charge in [0.1, 0.15) is 0 Å². The fraction of sp³-hybridized carbons (Fsp3) is 0.583. The van der Waals surface area contributed by atoms with Crippen LogP contribution in [0.3, 0.4) is 0 Å². The molecule has 0 saturated carbocycles. The van der Waals surface area contributed by atoms with Gasteiger partial charge in [-0.05, 0) is 41.8 Å². The van der Waals surface area contributed by atoms with Gasteiger partial charge in [-0.3, -0.25) is 4.79 Å². The Hall–Kier alpha value is -0.610. The Morgan fingerprint density at radius 3 is 2.69 bits per heavy atom. The highest BCUT2D eigenvalue weighted by Gasteiger charge is 2.20. The second kappa shape index (κ2) is 6.21. The highest BCUT2D eigenvalue weighted by atomic mass is 79.9.